The highest BCUT2D eigenvalue weighted by Crippen LogP contribution is 2.28. The van der Waals surface area contributed by atoms with E-state index in [9.17, 15) is 0 Å². The van der Waals surface area contributed by atoms with Crippen LogP contribution in [0.3, 0.4) is 0 Å². The van der Waals surface area contributed by atoms with Crippen LogP contribution >= 0.6 is 11.6 Å². The fourth-order valence-electron chi connectivity index (χ4n) is 1.63. The summed E-state index contributed by atoms with van der Waals surface area (Å²) in [5.74, 6) is 1.44. The fourth-order valence-corrected chi connectivity index (χ4v) is 1.79. The average Bonchev–Trinajstić information content (AvgIpc) is 2.39. The SMILES string of the molecule is CC(C)c1cc(Oc2cc(Cl)ccc2CN)ncn1. The fraction of sp³-hybridized carbons (Fsp3) is 0.286. The van der Waals surface area contributed by atoms with Gasteiger partial charge in [-0.3, -0.25) is 0 Å². The zero-order chi connectivity index (χ0) is 13.8. The Kier molecular flexibility index (Phi) is 4.35. The Balaban J connectivity index is 2.30. The van der Waals surface area contributed by atoms with E-state index < -0.39 is 0 Å². The van der Waals surface area contributed by atoms with Crippen LogP contribution in [0.1, 0.15) is 31.0 Å². The maximum absolute atomic E-state index is 5.97. The van der Waals surface area contributed by atoms with Gasteiger partial charge in [0.25, 0.3) is 0 Å². The first-order valence-electron chi connectivity index (χ1n) is 6.08. The minimum atomic E-state index is 0.318. The predicted octanol–water partition coefficient (Wildman–Crippen LogP) is 3.50. The van der Waals surface area contributed by atoms with E-state index in [-0.39, 0.29) is 0 Å². The van der Waals surface area contributed by atoms with Gasteiger partial charge < -0.3 is 10.5 Å². The van der Waals surface area contributed by atoms with Gasteiger partial charge in [0.05, 0.1) is 5.69 Å². The van der Waals surface area contributed by atoms with Crippen LogP contribution in [0.4, 0.5) is 0 Å². The molecule has 2 aromatic rings. The third kappa shape index (κ3) is 3.43. The van der Waals surface area contributed by atoms with Crippen LogP contribution in [0.25, 0.3) is 0 Å². The summed E-state index contributed by atoms with van der Waals surface area (Å²) in [4.78, 5) is 8.30. The number of aromatic nitrogens is 2. The number of hydrogen-bond donors (Lipinski definition) is 1. The molecule has 0 spiro atoms. The van der Waals surface area contributed by atoms with Gasteiger partial charge in [0, 0.05) is 23.2 Å². The normalized spacial score (nSPS) is 10.8. The summed E-state index contributed by atoms with van der Waals surface area (Å²) in [7, 11) is 0. The minimum Gasteiger partial charge on any atom is -0.439 e. The van der Waals surface area contributed by atoms with Crippen molar-refractivity contribution in [3.8, 4) is 11.6 Å². The topological polar surface area (TPSA) is 61.0 Å². The number of nitrogens with two attached hydrogens (primary N) is 1. The summed E-state index contributed by atoms with van der Waals surface area (Å²) >= 11 is 5.97. The van der Waals surface area contributed by atoms with Crippen molar-refractivity contribution in [3.05, 3.63) is 46.9 Å². The van der Waals surface area contributed by atoms with Crippen LogP contribution in [0.2, 0.25) is 5.02 Å². The Hall–Kier alpha value is -1.65. The van der Waals surface area contributed by atoms with Gasteiger partial charge in [-0.1, -0.05) is 31.5 Å². The molecule has 19 heavy (non-hydrogen) atoms. The number of rotatable bonds is 4. The zero-order valence-corrected chi connectivity index (χ0v) is 11.7. The monoisotopic (exact) mass is 277 g/mol. The van der Waals surface area contributed by atoms with Gasteiger partial charge in [0.2, 0.25) is 5.88 Å². The molecule has 1 aromatic carbocycles. The minimum absolute atomic E-state index is 0.318. The summed E-state index contributed by atoms with van der Waals surface area (Å²) in [6.07, 6.45) is 1.50. The largest absolute Gasteiger partial charge is 0.439 e. The van der Waals surface area contributed by atoms with Gasteiger partial charge in [0.15, 0.2) is 0 Å². The summed E-state index contributed by atoms with van der Waals surface area (Å²) < 4.78 is 5.76. The molecule has 0 aliphatic carbocycles. The van der Waals surface area contributed by atoms with E-state index >= 15 is 0 Å². The average molecular weight is 278 g/mol. The Morgan fingerprint density at radius 2 is 2.05 bits per heavy atom. The van der Waals surface area contributed by atoms with Crippen LogP contribution in [0.5, 0.6) is 11.6 Å². The Labute approximate surface area is 117 Å². The lowest BCUT2D eigenvalue weighted by Gasteiger charge is -2.11. The molecule has 2 N–H and O–H groups in total. The molecule has 0 unspecified atom stereocenters. The van der Waals surface area contributed by atoms with Gasteiger partial charge in [-0.15, -0.1) is 0 Å². The molecule has 0 saturated heterocycles. The molecule has 0 atom stereocenters. The first-order chi connectivity index (χ1) is 9.10. The van der Waals surface area contributed by atoms with Crippen molar-refractivity contribution in [2.24, 2.45) is 5.73 Å². The third-order valence-electron chi connectivity index (χ3n) is 2.72. The molecular formula is C14H16ClN3O. The van der Waals surface area contributed by atoms with Gasteiger partial charge in [0.1, 0.15) is 12.1 Å². The number of ether oxygens (including phenoxy) is 1. The molecule has 0 aliphatic rings. The highest BCUT2D eigenvalue weighted by Gasteiger charge is 2.08. The second kappa shape index (κ2) is 5.99. The van der Waals surface area contributed by atoms with E-state index in [2.05, 4.69) is 23.8 Å². The Morgan fingerprint density at radius 1 is 1.26 bits per heavy atom. The second-order valence-electron chi connectivity index (χ2n) is 4.49. The number of halogens is 1. The molecule has 0 amide bonds. The Bertz CT molecular complexity index is 572. The third-order valence-corrected chi connectivity index (χ3v) is 2.95. The molecule has 1 aromatic heterocycles. The van der Waals surface area contributed by atoms with Crippen LogP contribution in [0, 0.1) is 0 Å². The zero-order valence-electron chi connectivity index (χ0n) is 10.9. The predicted molar refractivity (Wildman–Crippen MR) is 75.5 cm³/mol. The van der Waals surface area contributed by atoms with Crippen LogP contribution in [-0.4, -0.2) is 9.97 Å². The van der Waals surface area contributed by atoms with Crippen molar-refractivity contribution in [1.29, 1.82) is 0 Å². The molecule has 0 radical (unpaired) electrons. The van der Waals surface area contributed by atoms with Crippen LogP contribution < -0.4 is 10.5 Å². The smallest absolute Gasteiger partial charge is 0.222 e. The second-order valence-corrected chi connectivity index (χ2v) is 4.93. The van der Waals surface area contributed by atoms with Gasteiger partial charge >= 0.3 is 0 Å². The summed E-state index contributed by atoms with van der Waals surface area (Å²) in [6.45, 7) is 4.52. The molecule has 2 rings (SSSR count). The lowest BCUT2D eigenvalue weighted by molar-refractivity contribution is 0.454. The molecule has 100 valence electrons. The Morgan fingerprint density at radius 3 is 2.74 bits per heavy atom. The van der Waals surface area contributed by atoms with Gasteiger partial charge in [-0.25, -0.2) is 9.97 Å². The summed E-state index contributed by atoms with van der Waals surface area (Å²) in [5.41, 5.74) is 7.49. The molecule has 1 heterocycles. The van der Waals surface area contributed by atoms with E-state index in [1.54, 1.807) is 12.1 Å². The van der Waals surface area contributed by atoms with Crippen molar-refractivity contribution in [2.75, 3.05) is 0 Å². The van der Waals surface area contributed by atoms with Crippen molar-refractivity contribution in [3.63, 3.8) is 0 Å². The molecule has 5 heteroatoms. The highest BCUT2D eigenvalue weighted by atomic mass is 35.5. The molecule has 0 bridgehead atoms. The first kappa shape index (κ1) is 13.8. The number of nitrogens with zero attached hydrogens (tertiary/aromatic N) is 2. The highest BCUT2D eigenvalue weighted by molar-refractivity contribution is 6.30. The molecule has 4 nitrogen and oxygen atoms in total. The van der Waals surface area contributed by atoms with E-state index in [1.807, 2.05) is 12.1 Å². The molecule has 0 saturated carbocycles. The lowest BCUT2D eigenvalue weighted by Crippen LogP contribution is -2.01. The first-order valence-corrected chi connectivity index (χ1v) is 6.46. The molecule has 0 aliphatic heterocycles. The van der Waals surface area contributed by atoms with E-state index in [4.69, 9.17) is 22.1 Å². The van der Waals surface area contributed by atoms with Gasteiger partial charge in [-0.05, 0) is 18.1 Å². The lowest BCUT2D eigenvalue weighted by atomic mass is 10.1. The van der Waals surface area contributed by atoms with Gasteiger partial charge in [-0.2, -0.15) is 0 Å². The van der Waals surface area contributed by atoms with Crippen LogP contribution in [0.15, 0.2) is 30.6 Å². The van der Waals surface area contributed by atoms with E-state index in [1.165, 1.54) is 6.33 Å². The van der Waals surface area contributed by atoms with Crippen molar-refractivity contribution in [1.82, 2.24) is 9.97 Å². The van der Waals surface area contributed by atoms with Crippen molar-refractivity contribution >= 4 is 11.6 Å². The summed E-state index contributed by atoms with van der Waals surface area (Å²) in [5, 5.41) is 0.602. The van der Waals surface area contributed by atoms with Crippen LogP contribution in [-0.2, 0) is 6.54 Å². The maximum atomic E-state index is 5.97. The van der Waals surface area contributed by atoms with Crippen molar-refractivity contribution in [2.45, 2.75) is 26.3 Å². The number of hydrogen-bond acceptors (Lipinski definition) is 4. The number of benzene rings is 1. The summed E-state index contributed by atoms with van der Waals surface area (Å²) in [6, 6.07) is 7.20. The quantitative estimate of drug-likeness (QED) is 0.929. The molecular weight excluding hydrogens is 262 g/mol. The van der Waals surface area contributed by atoms with E-state index in [0.717, 1.165) is 11.3 Å². The van der Waals surface area contributed by atoms with E-state index in [0.29, 0.717) is 29.1 Å². The van der Waals surface area contributed by atoms with Crippen molar-refractivity contribution < 1.29 is 4.74 Å². The molecule has 0 fully saturated rings. The standard InChI is InChI=1S/C14H16ClN3O/c1-9(2)12-6-14(18-8-17-12)19-13-5-11(15)4-3-10(13)7-16/h3-6,8-9H,7,16H2,1-2H3. The maximum Gasteiger partial charge on any atom is 0.222 e.